The molecule has 0 heterocycles. The van der Waals surface area contributed by atoms with Crippen LogP contribution < -0.4 is 0 Å². The molecule has 0 rings (SSSR count). The van der Waals surface area contributed by atoms with Gasteiger partial charge in [0.05, 0.1) is 0 Å². The van der Waals surface area contributed by atoms with E-state index >= 15 is 0 Å². The Morgan fingerprint density at radius 2 is 1.43 bits per heavy atom. The van der Waals surface area contributed by atoms with Gasteiger partial charge < -0.3 is 5.11 Å². The summed E-state index contributed by atoms with van der Waals surface area (Å²) in [4.78, 5) is 8.89. The molecule has 2 radical (unpaired) electrons. The third kappa shape index (κ3) is 136. The van der Waals surface area contributed by atoms with Crippen molar-refractivity contribution in [2.45, 2.75) is 0 Å². The first-order valence-electron chi connectivity index (χ1n) is 0.781. The van der Waals surface area contributed by atoms with Crippen molar-refractivity contribution < 1.29 is 68.1 Å². The summed E-state index contributed by atoms with van der Waals surface area (Å²) in [6, 6.07) is 0. The Morgan fingerprint density at radius 3 is 1.43 bits per heavy atom. The van der Waals surface area contributed by atoms with Gasteiger partial charge in [0.1, 0.15) is 0 Å². The number of carboxylic acids is 1. The molecule has 5 heteroatoms. The zero-order valence-corrected chi connectivity index (χ0v) is 9.09. The molecule has 0 saturated heterocycles. The van der Waals surface area contributed by atoms with Crippen molar-refractivity contribution in [3.05, 3.63) is 6.92 Å². The maximum absolute atomic E-state index is 8.89. The second-order valence-electron chi connectivity index (χ2n) is 0.394. The van der Waals surface area contributed by atoms with Crippen molar-refractivity contribution in [2.24, 2.45) is 0 Å². The first kappa shape index (κ1) is 24.1. The van der Waals surface area contributed by atoms with Gasteiger partial charge in [0.25, 0.3) is 0 Å². The molecule has 7 heavy (non-hydrogen) atoms. The van der Waals surface area contributed by atoms with E-state index in [1.807, 2.05) is 0 Å². The maximum Gasteiger partial charge on any atom is 0.161 e. The zero-order valence-electron chi connectivity index (χ0n) is 3.37. The van der Waals surface area contributed by atoms with E-state index in [0.717, 1.165) is 0 Å². The van der Waals surface area contributed by atoms with Gasteiger partial charge in [-0.2, -0.15) is 0 Å². The molecular formula is C2H3O2V2W-. The molecule has 0 aliphatic heterocycles. The van der Waals surface area contributed by atoms with Crippen LogP contribution in [0.3, 0.4) is 0 Å². The van der Waals surface area contributed by atoms with E-state index in [9.17, 15) is 0 Å². The van der Waals surface area contributed by atoms with Gasteiger partial charge in [-0.05, 0) is 0 Å². The van der Waals surface area contributed by atoms with Gasteiger partial charge in [0, 0.05) is 58.2 Å². The van der Waals surface area contributed by atoms with Crippen molar-refractivity contribution >= 4 is 5.97 Å². The molecule has 2 nitrogen and oxygen atoms in total. The Morgan fingerprint density at radius 1 is 1.43 bits per heavy atom. The van der Waals surface area contributed by atoms with Crippen LogP contribution >= 0.6 is 0 Å². The van der Waals surface area contributed by atoms with E-state index < -0.39 is 5.97 Å². The van der Waals surface area contributed by atoms with Crippen LogP contribution in [-0.4, -0.2) is 11.1 Å². The number of aliphatic carboxylic acids is 1. The minimum absolute atomic E-state index is 0. The average Bonchev–Trinajstić information content (AvgIpc) is 0.811. The Kier molecular flexibility index (Phi) is 54.0. The summed E-state index contributed by atoms with van der Waals surface area (Å²) < 4.78 is 0. The molecule has 0 fully saturated rings. The van der Waals surface area contributed by atoms with Crippen LogP contribution in [0.15, 0.2) is 0 Å². The van der Waals surface area contributed by atoms with Gasteiger partial charge in [-0.3, -0.25) is 11.7 Å². The molecule has 0 unspecified atom stereocenters. The molecule has 0 aromatic heterocycles. The molecule has 1 N–H and O–H groups in total. The molecule has 0 saturated carbocycles. The molecule has 0 aliphatic rings. The van der Waals surface area contributed by atoms with Crippen molar-refractivity contribution in [3.8, 4) is 0 Å². The number of hydrogen-bond donors (Lipinski definition) is 1. The molecule has 40 valence electrons. The SMILES string of the molecule is [CH2-]C(=O)O.[V].[V].[W]. The minimum Gasteiger partial charge on any atom is -0.503 e. The van der Waals surface area contributed by atoms with Gasteiger partial charge in [-0.15, -0.1) is 0 Å². The fraction of sp³-hybridized carbons (Fsp3) is 0. The van der Waals surface area contributed by atoms with E-state index in [0.29, 0.717) is 0 Å². The molecule has 0 amide bonds. The molecule has 0 atom stereocenters. The summed E-state index contributed by atoms with van der Waals surface area (Å²) >= 11 is 0. The first-order valence-corrected chi connectivity index (χ1v) is 0.781. The van der Waals surface area contributed by atoms with E-state index in [4.69, 9.17) is 9.90 Å². The fourth-order valence-corrected chi connectivity index (χ4v) is 0. The molecule has 0 bridgehead atoms. The van der Waals surface area contributed by atoms with Gasteiger partial charge in [0.2, 0.25) is 0 Å². The first-order chi connectivity index (χ1) is 1.73. The predicted molar refractivity (Wildman–Crippen MR) is 13.0 cm³/mol. The Balaban J connectivity index is -0.0000000150. The molecule has 0 aliphatic carbocycles. The molecule has 0 aromatic rings. The zero-order chi connectivity index (χ0) is 3.58. The van der Waals surface area contributed by atoms with Crippen LogP contribution in [-0.2, 0) is 63.0 Å². The van der Waals surface area contributed by atoms with Crippen molar-refractivity contribution in [1.29, 1.82) is 0 Å². The van der Waals surface area contributed by atoms with Gasteiger partial charge >= 0.3 is 0 Å². The van der Waals surface area contributed by atoms with Crippen LogP contribution in [0, 0.1) is 6.92 Å². The number of hydrogen-bond acceptors (Lipinski definition) is 1. The van der Waals surface area contributed by atoms with Crippen LogP contribution in [0.2, 0.25) is 0 Å². The van der Waals surface area contributed by atoms with Crippen molar-refractivity contribution in [3.63, 3.8) is 0 Å². The van der Waals surface area contributed by atoms with Crippen LogP contribution in [0.5, 0.6) is 0 Å². The molecule has 0 spiro atoms. The van der Waals surface area contributed by atoms with Crippen molar-refractivity contribution in [2.75, 3.05) is 0 Å². The van der Waals surface area contributed by atoms with E-state index in [1.165, 1.54) is 0 Å². The Labute approximate surface area is 80.5 Å². The maximum atomic E-state index is 8.89. The third-order valence-corrected chi connectivity index (χ3v) is 0. The van der Waals surface area contributed by atoms with Crippen LogP contribution in [0.4, 0.5) is 0 Å². The molecular weight excluding hydrogens is 342 g/mol. The van der Waals surface area contributed by atoms with Crippen molar-refractivity contribution in [1.82, 2.24) is 0 Å². The topological polar surface area (TPSA) is 37.3 Å². The van der Waals surface area contributed by atoms with Gasteiger partial charge in [0.15, 0.2) is 5.97 Å². The second kappa shape index (κ2) is 15.7. The summed E-state index contributed by atoms with van der Waals surface area (Å²) in [5, 5.41) is 7.31. The quantitative estimate of drug-likeness (QED) is 0.623. The van der Waals surface area contributed by atoms with E-state index in [2.05, 4.69) is 6.92 Å². The van der Waals surface area contributed by atoms with Gasteiger partial charge in [-0.25, -0.2) is 0 Å². The van der Waals surface area contributed by atoms with Gasteiger partial charge in [-0.1, -0.05) is 0 Å². The molecule has 0 aromatic carbocycles. The summed E-state index contributed by atoms with van der Waals surface area (Å²) in [5.41, 5.74) is 0. The third-order valence-electron chi connectivity index (χ3n) is 0. The van der Waals surface area contributed by atoms with Crippen LogP contribution in [0.1, 0.15) is 0 Å². The summed E-state index contributed by atoms with van der Waals surface area (Å²) in [5.74, 6) is -1.08. The number of rotatable bonds is 0. The Bertz CT molecular complexity index is 36.7. The monoisotopic (exact) mass is 345 g/mol. The normalized spacial score (nSPS) is 3.43. The number of carboxylic acid groups (broad SMARTS) is 1. The van der Waals surface area contributed by atoms with E-state index in [-0.39, 0.29) is 58.2 Å². The summed E-state index contributed by atoms with van der Waals surface area (Å²) in [6.07, 6.45) is 0. The largest absolute Gasteiger partial charge is 0.503 e. The van der Waals surface area contributed by atoms with E-state index in [1.54, 1.807) is 0 Å². The number of carbonyl (C=O) groups is 1. The fourth-order valence-electron chi connectivity index (χ4n) is 0. The Hall–Kier alpha value is 1.20. The minimum atomic E-state index is -1.08. The predicted octanol–water partition coefficient (Wildman–Crippen LogP) is -0.102. The standard InChI is InChI=1S/C2H3O2.2V.W/c1-2(3)4;;;/h1H2,(H,3,4);;;/q-1;;;. The second-order valence-corrected chi connectivity index (χ2v) is 0.394. The smallest absolute Gasteiger partial charge is 0.161 e. The summed E-state index contributed by atoms with van der Waals surface area (Å²) in [6.45, 7) is 2.56. The average molecular weight is 345 g/mol. The summed E-state index contributed by atoms with van der Waals surface area (Å²) in [7, 11) is 0. The van der Waals surface area contributed by atoms with Crippen LogP contribution in [0.25, 0.3) is 0 Å².